The Morgan fingerprint density at radius 1 is 1.05 bits per heavy atom. The molecule has 120 valence electrons. The van der Waals surface area contributed by atoms with Crippen LogP contribution in [0.25, 0.3) is 0 Å². The fourth-order valence-electron chi connectivity index (χ4n) is 1.85. The van der Waals surface area contributed by atoms with Gasteiger partial charge in [-0.1, -0.05) is 45.8 Å². The predicted molar refractivity (Wildman–Crippen MR) is 84.1 cm³/mol. The van der Waals surface area contributed by atoms with Gasteiger partial charge >= 0.3 is 11.9 Å². The molecular weight excluding hydrogens is 268 g/mol. The number of unbranched alkanes of at least 4 members (excludes halogenated alkanes) is 4. The van der Waals surface area contributed by atoms with Gasteiger partial charge in [-0.25, -0.2) is 9.59 Å². The minimum absolute atomic E-state index is 0.132. The summed E-state index contributed by atoms with van der Waals surface area (Å²) < 4.78 is 5.25. The van der Waals surface area contributed by atoms with Crippen LogP contribution in [0.3, 0.4) is 0 Å². The first kappa shape index (κ1) is 19.4. The van der Waals surface area contributed by atoms with Gasteiger partial charge in [-0.2, -0.15) is 0 Å². The Morgan fingerprint density at radius 3 is 2.24 bits per heavy atom. The van der Waals surface area contributed by atoms with Crippen molar-refractivity contribution < 1.29 is 19.4 Å². The Hall–Kier alpha value is -1.58. The molecule has 1 atom stereocenters. The zero-order valence-corrected chi connectivity index (χ0v) is 13.3. The molecule has 0 amide bonds. The van der Waals surface area contributed by atoms with Crippen molar-refractivity contribution >= 4 is 11.9 Å². The number of hydrogen-bond donors (Lipinski definition) is 1. The third-order valence-corrected chi connectivity index (χ3v) is 3.33. The van der Waals surface area contributed by atoms with E-state index in [-0.39, 0.29) is 17.6 Å². The van der Waals surface area contributed by atoms with Crippen LogP contribution in [0.1, 0.15) is 65.2 Å². The lowest BCUT2D eigenvalue weighted by atomic mass is 10.1. The highest BCUT2D eigenvalue weighted by Gasteiger charge is 2.14. The second kappa shape index (κ2) is 11.1. The molecule has 0 heterocycles. The minimum Gasteiger partial charge on any atom is -0.478 e. The molecule has 0 aromatic carbocycles. The molecule has 1 N–H and O–H groups in total. The van der Waals surface area contributed by atoms with E-state index < -0.39 is 5.97 Å². The number of rotatable bonds is 12. The van der Waals surface area contributed by atoms with Crippen molar-refractivity contribution in [3.8, 4) is 0 Å². The number of carboxylic acid groups (broad SMARTS) is 1. The topological polar surface area (TPSA) is 63.6 Å². The van der Waals surface area contributed by atoms with Gasteiger partial charge in [0.05, 0.1) is 6.10 Å². The van der Waals surface area contributed by atoms with Gasteiger partial charge in [-0.15, -0.1) is 0 Å². The zero-order chi connectivity index (χ0) is 16.3. The Kier molecular flexibility index (Phi) is 10.3. The van der Waals surface area contributed by atoms with E-state index in [1.54, 1.807) is 6.92 Å². The number of carbonyl (C=O) groups excluding carboxylic acids is 1. The summed E-state index contributed by atoms with van der Waals surface area (Å²) in [6, 6.07) is 0. The van der Waals surface area contributed by atoms with Crippen molar-refractivity contribution in [1.29, 1.82) is 0 Å². The van der Waals surface area contributed by atoms with Crippen molar-refractivity contribution in [2.45, 2.75) is 71.3 Å². The van der Waals surface area contributed by atoms with E-state index in [9.17, 15) is 9.59 Å². The molecule has 0 spiro atoms. The first-order chi connectivity index (χ1) is 9.88. The van der Waals surface area contributed by atoms with Crippen LogP contribution in [0.4, 0.5) is 0 Å². The molecule has 0 saturated heterocycles. The molecule has 0 radical (unpaired) electrons. The lowest BCUT2D eigenvalue weighted by molar-refractivity contribution is -0.143. The number of esters is 1. The van der Waals surface area contributed by atoms with Crippen molar-refractivity contribution in [1.82, 2.24) is 0 Å². The quantitative estimate of drug-likeness (QED) is 0.332. The van der Waals surface area contributed by atoms with Crippen molar-refractivity contribution in [3.05, 3.63) is 24.3 Å². The molecule has 0 aromatic rings. The number of ether oxygens (including phenoxy) is 1. The van der Waals surface area contributed by atoms with E-state index in [0.717, 1.165) is 12.8 Å². The Morgan fingerprint density at radius 2 is 1.67 bits per heavy atom. The molecule has 0 rings (SSSR count). The zero-order valence-electron chi connectivity index (χ0n) is 13.3. The third-order valence-electron chi connectivity index (χ3n) is 3.33. The lowest BCUT2D eigenvalue weighted by Gasteiger charge is -2.14. The van der Waals surface area contributed by atoms with Gasteiger partial charge in [0, 0.05) is 11.1 Å². The van der Waals surface area contributed by atoms with Gasteiger partial charge in [0.15, 0.2) is 0 Å². The highest BCUT2D eigenvalue weighted by atomic mass is 16.5. The smallest absolute Gasteiger partial charge is 0.333 e. The van der Waals surface area contributed by atoms with Crippen molar-refractivity contribution in [2.75, 3.05) is 0 Å². The molecule has 21 heavy (non-hydrogen) atoms. The number of hydrogen-bond acceptors (Lipinski definition) is 3. The van der Waals surface area contributed by atoms with Gasteiger partial charge in [0.1, 0.15) is 0 Å². The summed E-state index contributed by atoms with van der Waals surface area (Å²) in [5.74, 6) is -1.39. The summed E-state index contributed by atoms with van der Waals surface area (Å²) in [6.07, 6.45) is 6.78. The summed E-state index contributed by atoms with van der Waals surface area (Å²) in [4.78, 5) is 22.4. The first-order valence-corrected chi connectivity index (χ1v) is 7.68. The summed E-state index contributed by atoms with van der Waals surface area (Å²) in [5, 5.41) is 8.70. The average molecular weight is 296 g/mol. The number of carboxylic acids is 1. The van der Waals surface area contributed by atoms with Crippen LogP contribution in [-0.2, 0) is 14.3 Å². The van der Waals surface area contributed by atoms with Crippen LogP contribution in [0, 0.1) is 0 Å². The third kappa shape index (κ3) is 9.88. The highest BCUT2D eigenvalue weighted by Crippen LogP contribution is 2.14. The maximum atomic E-state index is 11.8. The molecule has 0 bridgehead atoms. The molecule has 1 unspecified atom stereocenters. The van der Waals surface area contributed by atoms with Gasteiger partial charge in [-0.3, -0.25) is 0 Å². The number of aliphatic carboxylic acids is 1. The standard InChI is InChI=1S/C17H28O4/c1-5-6-7-8-9-10-14(3)17(20)21-15(4)12-11-13(2)16(18)19/h15H,2-3,5-12H2,1,4H3,(H,18,19). The maximum Gasteiger partial charge on any atom is 0.333 e. The lowest BCUT2D eigenvalue weighted by Crippen LogP contribution is -2.17. The molecule has 0 aromatic heterocycles. The Labute approximate surface area is 127 Å². The number of carbonyl (C=O) groups is 2. The molecule has 0 fully saturated rings. The van der Waals surface area contributed by atoms with Crippen molar-refractivity contribution in [2.24, 2.45) is 0 Å². The molecule has 4 nitrogen and oxygen atoms in total. The van der Waals surface area contributed by atoms with E-state index in [2.05, 4.69) is 20.1 Å². The molecular formula is C17H28O4. The molecule has 0 aliphatic carbocycles. The highest BCUT2D eigenvalue weighted by molar-refractivity contribution is 5.87. The van der Waals surface area contributed by atoms with Gasteiger partial charge < -0.3 is 9.84 Å². The van der Waals surface area contributed by atoms with E-state index >= 15 is 0 Å². The summed E-state index contributed by atoms with van der Waals surface area (Å²) in [7, 11) is 0. The van der Waals surface area contributed by atoms with Crippen molar-refractivity contribution in [3.63, 3.8) is 0 Å². The second-order valence-electron chi connectivity index (χ2n) is 5.43. The van der Waals surface area contributed by atoms with Crippen LogP contribution >= 0.6 is 0 Å². The van der Waals surface area contributed by atoms with Gasteiger partial charge in [0.25, 0.3) is 0 Å². The van der Waals surface area contributed by atoms with E-state index in [0.29, 0.717) is 24.8 Å². The van der Waals surface area contributed by atoms with Crippen LogP contribution in [0.5, 0.6) is 0 Å². The summed E-state index contributed by atoms with van der Waals surface area (Å²) in [6.45, 7) is 11.1. The maximum absolute atomic E-state index is 11.8. The molecule has 0 saturated carbocycles. The Balaban J connectivity index is 3.87. The second-order valence-corrected chi connectivity index (χ2v) is 5.43. The van der Waals surface area contributed by atoms with Gasteiger partial charge in [0.2, 0.25) is 0 Å². The van der Waals surface area contributed by atoms with Crippen LogP contribution in [0.2, 0.25) is 0 Å². The normalized spacial score (nSPS) is 11.7. The van der Waals surface area contributed by atoms with E-state index in [4.69, 9.17) is 9.84 Å². The fourth-order valence-corrected chi connectivity index (χ4v) is 1.85. The summed E-state index contributed by atoms with van der Waals surface area (Å²) in [5.41, 5.74) is 0.628. The molecule has 0 aliphatic heterocycles. The van der Waals surface area contributed by atoms with Crippen LogP contribution < -0.4 is 0 Å². The SMILES string of the molecule is C=C(CCC(C)OC(=O)C(=C)CCCCCCC)C(=O)O. The van der Waals surface area contributed by atoms with E-state index in [1.807, 2.05) is 0 Å². The monoisotopic (exact) mass is 296 g/mol. The average Bonchev–Trinajstić information content (AvgIpc) is 2.43. The van der Waals surface area contributed by atoms with Crippen LogP contribution in [-0.4, -0.2) is 23.1 Å². The summed E-state index contributed by atoms with van der Waals surface area (Å²) >= 11 is 0. The van der Waals surface area contributed by atoms with Crippen LogP contribution in [0.15, 0.2) is 24.3 Å². The molecule has 4 heteroatoms. The Bertz CT molecular complexity index is 371. The predicted octanol–water partition coefficient (Wildman–Crippen LogP) is 4.26. The first-order valence-electron chi connectivity index (χ1n) is 7.68. The minimum atomic E-state index is -1.01. The molecule has 0 aliphatic rings. The largest absolute Gasteiger partial charge is 0.478 e. The van der Waals surface area contributed by atoms with Gasteiger partial charge in [-0.05, 0) is 32.6 Å². The fraction of sp³-hybridized carbons (Fsp3) is 0.647. The van der Waals surface area contributed by atoms with E-state index in [1.165, 1.54) is 19.3 Å².